The van der Waals surface area contributed by atoms with Crippen LogP contribution in [-0.4, -0.2) is 48.4 Å². The zero-order chi connectivity index (χ0) is 12.5. The number of amides is 2. The molecule has 1 saturated heterocycles. The Balaban J connectivity index is 2.12. The van der Waals surface area contributed by atoms with Gasteiger partial charge in [0.15, 0.2) is 0 Å². The summed E-state index contributed by atoms with van der Waals surface area (Å²) in [6.07, 6.45) is 7.29. The predicted octanol–water partition coefficient (Wildman–Crippen LogP) is 1.26. The molecule has 0 spiro atoms. The highest BCUT2D eigenvalue weighted by molar-refractivity contribution is 7.98. The Bertz CT molecular complexity index is 259. The molecule has 0 aromatic carbocycles. The maximum atomic E-state index is 11.6. The first kappa shape index (κ1) is 14.4. The summed E-state index contributed by atoms with van der Waals surface area (Å²) < 4.78 is 0. The molecule has 1 heterocycles. The van der Waals surface area contributed by atoms with Gasteiger partial charge >= 0.3 is 0 Å². The van der Waals surface area contributed by atoms with E-state index in [0.717, 1.165) is 13.0 Å². The molecule has 1 N–H and O–H groups in total. The lowest BCUT2D eigenvalue weighted by Crippen LogP contribution is -2.35. The second-order valence-electron chi connectivity index (χ2n) is 4.31. The van der Waals surface area contributed by atoms with Gasteiger partial charge < -0.3 is 10.2 Å². The van der Waals surface area contributed by atoms with Crippen LogP contribution >= 0.6 is 11.8 Å². The van der Waals surface area contributed by atoms with Gasteiger partial charge in [-0.1, -0.05) is 12.8 Å². The fraction of sp³-hybridized carbons (Fsp3) is 0.833. The van der Waals surface area contributed by atoms with Crippen LogP contribution < -0.4 is 5.32 Å². The molecular weight excluding hydrogens is 236 g/mol. The highest BCUT2D eigenvalue weighted by Gasteiger charge is 2.18. The summed E-state index contributed by atoms with van der Waals surface area (Å²) in [5, 5.41) is 2.61. The summed E-state index contributed by atoms with van der Waals surface area (Å²) in [6.45, 7) is 1.55. The van der Waals surface area contributed by atoms with Crippen molar-refractivity contribution in [2.75, 3.05) is 31.6 Å². The SMILES string of the molecule is CSCCCCCCN1CCC(=O)NCC1=O. The summed E-state index contributed by atoms with van der Waals surface area (Å²) >= 11 is 1.88. The molecule has 0 atom stereocenters. The highest BCUT2D eigenvalue weighted by Crippen LogP contribution is 2.07. The minimum absolute atomic E-state index is 0.0131. The number of thioether (sulfide) groups is 1. The predicted molar refractivity (Wildman–Crippen MR) is 71.1 cm³/mol. The Labute approximate surface area is 108 Å². The molecule has 2 amide bonds. The van der Waals surface area contributed by atoms with Crippen LogP contribution in [0.1, 0.15) is 32.1 Å². The summed E-state index contributed by atoms with van der Waals surface area (Å²) in [6, 6.07) is 0. The Kier molecular flexibility index (Phi) is 7.08. The summed E-state index contributed by atoms with van der Waals surface area (Å²) in [7, 11) is 0. The van der Waals surface area contributed by atoms with E-state index in [1.807, 2.05) is 16.7 Å². The fourth-order valence-electron chi connectivity index (χ4n) is 1.87. The Morgan fingerprint density at radius 1 is 1.24 bits per heavy atom. The van der Waals surface area contributed by atoms with Crippen molar-refractivity contribution in [2.45, 2.75) is 32.1 Å². The van der Waals surface area contributed by atoms with Crippen LogP contribution in [0.5, 0.6) is 0 Å². The normalized spacial score (nSPS) is 16.9. The molecule has 0 aromatic heterocycles. The Hall–Kier alpha value is -0.710. The minimum Gasteiger partial charge on any atom is -0.347 e. The number of carbonyl (C=O) groups is 2. The van der Waals surface area contributed by atoms with Crippen LogP contribution in [0.4, 0.5) is 0 Å². The van der Waals surface area contributed by atoms with E-state index in [1.165, 1.54) is 25.0 Å². The quantitative estimate of drug-likeness (QED) is 0.699. The molecule has 0 radical (unpaired) electrons. The molecule has 1 rings (SSSR count). The maximum Gasteiger partial charge on any atom is 0.241 e. The zero-order valence-electron chi connectivity index (χ0n) is 10.5. The number of nitrogens with one attached hydrogen (secondary N) is 1. The van der Waals surface area contributed by atoms with Crippen molar-refractivity contribution in [1.82, 2.24) is 10.2 Å². The second-order valence-corrected chi connectivity index (χ2v) is 5.30. The molecule has 4 nitrogen and oxygen atoms in total. The van der Waals surface area contributed by atoms with Gasteiger partial charge in [-0.15, -0.1) is 0 Å². The van der Waals surface area contributed by atoms with Gasteiger partial charge in [-0.05, 0) is 24.9 Å². The third-order valence-corrected chi connectivity index (χ3v) is 3.62. The van der Waals surface area contributed by atoms with Gasteiger partial charge in [-0.3, -0.25) is 9.59 Å². The molecule has 0 unspecified atom stereocenters. The first-order chi connectivity index (χ1) is 8.24. The molecular formula is C12H22N2O2S. The van der Waals surface area contributed by atoms with Crippen LogP contribution in [0.15, 0.2) is 0 Å². The number of hydrogen-bond acceptors (Lipinski definition) is 3. The van der Waals surface area contributed by atoms with Crippen molar-refractivity contribution in [3.8, 4) is 0 Å². The molecule has 1 fully saturated rings. The van der Waals surface area contributed by atoms with Crippen molar-refractivity contribution in [3.05, 3.63) is 0 Å². The van der Waals surface area contributed by atoms with Crippen molar-refractivity contribution in [3.63, 3.8) is 0 Å². The summed E-state index contributed by atoms with van der Waals surface area (Å²) in [5.74, 6) is 1.27. The van der Waals surface area contributed by atoms with E-state index >= 15 is 0 Å². The summed E-state index contributed by atoms with van der Waals surface area (Å²) in [4.78, 5) is 24.6. The third kappa shape index (κ3) is 5.96. The molecule has 0 aliphatic carbocycles. The van der Waals surface area contributed by atoms with Crippen LogP contribution in [0.25, 0.3) is 0 Å². The van der Waals surface area contributed by atoms with E-state index < -0.39 is 0 Å². The zero-order valence-corrected chi connectivity index (χ0v) is 11.4. The monoisotopic (exact) mass is 258 g/mol. The van der Waals surface area contributed by atoms with Crippen LogP contribution in [-0.2, 0) is 9.59 Å². The Morgan fingerprint density at radius 3 is 2.76 bits per heavy atom. The lowest BCUT2D eigenvalue weighted by molar-refractivity contribution is -0.130. The van der Waals surface area contributed by atoms with Crippen LogP contribution in [0.2, 0.25) is 0 Å². The number of hydrogen-bond donors (Lipinski definition) is 1. The number of unbranched alkanes of at least 4 members (excludes halogenated alkanes) is 3. The average Bonchev–Trinajstić information content (AvgIpc) is 2.48. The van der Waals surface area contributed by atoms with E-state index in [-0.39, 0.29) is 18.4 Å². The van der Waals surface area contributed by atoms with E-state index in [1.54, 1.807) is 0 Å². The van der Waals surface area contributed by atoms with E-state index in [2.05, 4.69) is 11.6 Å². The lowest BCUT2D eigenvalue weighted by Gasteiger charge is -2.19. The standard InChI is InChI=1S/C12H22N2O2S/c1-17-9-5-3-2-4-7-14-8-6-11(15)13-10-12(14)16/h2-10H2,1H3,(H,13,15). The van der Waals surface area contributed by atoms with Crippen LogP contribution in [0.3, 0.4) is 0 Å². The number of carbonyl (C=O) groups excluding carboxylic acids is 2. The van der Waals surface area contributed by atoms with Gasteiger partial charge in [0.05, 0.1) is 6.54 Å². The van der Waals surface area contributed by atoms with Gasteiger partial charge in [-0.2, -0.15) is 11.8 Å². The third-order valence-electron chi connectivity index (χ3n) is 2.92. The highest BCUT2D eigenvalue weighted by atomic mass is 32.2. The van der Waals surface area contributed by atoms with Crippen molar-refractivity contribution in [1.29, 1.82) is 0 Å². The van der Waals surface area contributed by atoms with Crippen molar-refractivity contribution in [2.24, 2.45) is 0 Å². The van der Waals surface area contributed by atoms with Gasteiger partial charge in [0, 0.05) is 19.5 Å². The molecule has 0 bridgehead atoms. The topological polar surface area (TPSA) is 49.4 Å². The van der Waals surface area contributed by atoms with Gasteiger partial charge in [0.1, 0.15) is 0 Å². The van der Waals surface area contributed by atoms with E-state index in [9.17, 15) is 9.59 Å². The first-order valence-electron chi connectivity index (χ1n) is 6.27. The van der Waals surface area contributed by atoms with Crippen molar-refractivity contribution >= 4 is 23.6 Å². The number of rotatable bonds is 7. The minimum atomic E-state index is -0.0131. The molecule has 5 heteroatoms. The van der Waals surface area contributed by atoms with E-state index in [0.29, 0.717) is 13.0 Å². The average molecular weight is 258 g/mol. The molecule has 0 saturated carbocycles. The molecule has 17 heavy (non-hydrogen) atoms. The molecule has 0 aromatic rings. The van der Waals surface area contributed by atoms with Crippen LogP contribution in [0, 0.1) is 0 Å². The first-order valence-corrected chi connectivity index (χ1v) is 7.67. The van der Waals surface area contributed by atoms with Crippen molar-refractivity contribution < 1.29 is 9.59 Å². The van der Waals surface area contributed by atoms with Gasteiger partial charge in [-0.25, -0.2) is 0 Å². The molecule has 98 valence electrons. The van der Waals surface area contributed by atoms with E-state index in [4.69, 9.17) is 0 Å². The Morgan fingerprint density at radius 2 is 2.00 bits per heavy atom. The largest absolute Gasteiger partial charge is 0.347 e. The smallest absolute Gasteiger partial charge is 0.241 e. The number of nitrogens with zero attached hydrogens (tertiary/aromatic N) is 1. The van der Waals surface area contributed by atoms with Gasteiger partial charge in [0.2, 0.25) is 11.8 Å². The lowest BCUT2D eigenvalue weighted by atomic mass is 10.2. The molecule has 1 aliphatic heterocycles. The molecule has 1 aliphatic rings. The summed E-state index contributed by atoms with van der Waals surface area (Å²) in [5.41, 5.74) is 0. The van der Waals surface area contributed by atoms with Gasteiger partial charge in [0.25, 0.3) is 0 Å². The second kappa shape index (κ2) is 8.39. The fourth-order valence-corrected chi connectivity index (χ4v) is 2.37. The maximum absolute atomic E-state index is 11.6.